The number of sulfonamides is 1. The zero-order chi connectivity index (χ0) is 23.4. The molecule has 2 aromatic carbocycles. The van der Waals surface area contributed by atoms with Crippen LogP contribution in [0.15, 0.2) is 47.4 Å². The summed E-state index contributed by atoms with van der Waals surface area (Å²) in [5.74, 6) is 0.894. The van der Waals surface area contributed by atoms with Crippen molar-refractivity contribution >= 4 is 21.6 Å². The number of rotatable bonds is 6. The molecule has 2 aliphatic rings. The van der Waals surface area contributed by atoms with Gasteiger partial charge in [-0.1, -0.05) is 18.6 Å². The number of amides is 1. The van der Waals surface area contributed by atoms with Gasteiger partial charge < -0.3 is 19.3 Å². The average Bonchev–Trinajstić information content (AvgIpc) is 2.88. The van der Waals surface area contributed by atoms with Crippen molar-refractivity contribution in [2.75, 3.05) is 58.4 Å². The third-order valence-electron chi connectivity index (χ3n) is 6.34. The number of carbonyl (C=O) groups is 1. The fourth-order valence-corrected chi connectivity index (χ4v) is 6.18. The van der Waals surface area contributed by atoms with Crippen molar-refractivity contribution in [3.8, 4) is 11.5 Å². The highest BCUT2D eigenvalue weighted by Crippen LogP contribution is 2.31. The second kappa shape index (κ2) is 10.0. The predicted molar refractivity (Wildman–Crippen MR) is 127 cm³/mol. The molecule has 0 aromatic heterocycles. The normalized spacial score (nSPS) is 17.6. The van der Waals surface area contributed by atoms with E-state index in [0.29, 0.717) is 44.8 Å². The molecule has 0 aliphatic carbocycles. The van der Waals surface area contributed by atoms with Crippen molar-refractivity contribution in [2.24, 2.45) is 0 Å². The molecule has 33 heavy (non-hydrogen) atoms. The quantitative estimate of drug-likeness (QED) is 0.642. The van der Waals surface area contributed by atoms with E-state index in [9.17, 15) is 13.2 Å². The van der Waals surface area contributed by atoms with Gasteiger partial charge in [-0.2, -0.15) is 4.31 Å². The monoisotopic (exact) mass is 473 g/mol. The van der Waals surface area contributed by atoms with Crippen LogP contribution in [0, 0.1) is 0 Å². The van der Waals surface area contributed by atoms with E-state index in [1.54, 1.807) is 24.1 Å². The molecule has 2 saturated heterocycles. The summed E-state index contributed by atoms with van der Waals surface area (Å²) in [4.78, 5) is 17.3. The van der Waals surface area contributed by atoms with E-state index in [1.165, 1.54) is 17.5 Å². The van der Waals surface area contributed by atoms with Crippen molar-refractivity contribution in [1.82, 2.24) is 9.21 Å². The lowest BCUT2D eigenvalue weighted by atomic mass is 10.1. The number of para-hydroxylation sites is 2. The highest BCUT2D eigenvalue weighted by molar-refractivity contribution is 7.89. The molecular weight excluding hydrogens is 442 g/mol. The maximum atomic E-state index is 13.3. The van der Waals surface area contributed by atoms with Crippen LogP contribution in [0.3, 0.4) is 0 Å². The number of piperidine rings is 1. The second-order valence-corrected chi connectivity index (χ2v) is 10.2. The Labute approximate surface area is 195 Å². The van der Waals surface area contributed by atoms with E-state index in [1.807, 2.05) is 24.3 Å². The summed E-state index contributed by atoms with van der Waals surface area (Å²) < 4.78 is 38.9. The molecule has 0 saturated carbocycles. The number of piperazine rings is 1. The van der Waals surface area contributed by atoms with Gasteiger partial charge in [-0.25, -0.2) is 8.42 Å². The standard InChI is InChI=1S/C24H31N3O5S/c1-31-21-9-5-4-8-20(21)25-14-16-26(17-15-25)24(28)19-10-11-22(32-2)23(18-19)33(29,30)27-12-6-3-7-13-27/h4-5,8-11,18H,3,6-7,12-17H2,1-2H3. The van der Waals surface area contributed by atoms with Gasteiger partial charge in [0, 0.05) is 44.8 Å². The Bertz CT molecular complexity index is 1090. The maximum Gasteiger partial charge on any atom is 0.254 e. The molecule has 0 atom stereocenters. The lowest BCUT2D eigenvalue weighted by Crippen LogP contribution is -2.49. The number of hydrogen-bond donors (Lipinski definition) is 0. The van der Waals surface area contributed by atoms with E-state index in [2.05, 4.69) is 4.90 Å². The highest BCUT2D eigenvalue weighted by Gasteiger charge is 2.31. The molecule has 1 amide bonds. The molecule has 0 unspecified atom stereocenters. The van der Waals surface area contributed by atoms with E-state index in [0.717, 1.165) is 30.7 Å². The number of benzene rings is 2. The number of anilines is 1. The first-order valence-corrected chi connectivity index (χ1v) is 12.7. The average molecular weight is 474 g/mol. The van der Waals surface area contributed by atoms with Gasteiger partial charge in [0.1, 0.15) is 16.4 Å². The molecule has 0 radical (unpaired) electrons. The first-order valence-electron chi connectivity index (χ1n) is 11.3. The number of carbonyl (C=O) groups excluding carboxylic acids is 1. The van der Waals surface area contributed by atoms with E-state index >= 15 is 0 Å². The number of methoxy groups -OCH3 is 2. The first-order chi connectivity index (χ1) is 16.0. The highest BCUT2D eigenvalue weighted by atomic mass is 32.2. The lowest BCUT2D eigenvalue weighted by molar-refractivity contribution is 0.0746. The zero-order valence-corrected chi connectivity index (χ0v) is 20.0. The summed E-state index contributed by atoms with van der Waals surface area (Å²) in [6, 6.07) is 12.5. The largest absolute Gasteiger partial charge is 0.495 e. The van der Waals surface area contributed by atoms with Crippen LogP contribution in [0.4, 0.5) is 5.69 Å². The molecule has 0 bridgehead atoms. The van der Waals surface area contributed by atoms with Crippen LogP contribution in [-0.4, -0.2) is 77.0 Å². The maximum absolute atomic E-state index is 13.3. The first kappa shape index (κ1) is 23.4. The molecule has 2 aliphatic heterocycles. The Kier molecular flexibility index (Phi) is 7.09. The van der Waals surface area contributed by atoms with E-state index < -0.39 is 10.0 Å². The topological polar surface area (TPSA) is 79.4 Å². The molecular formula is C24H31N3O5S. The van der Waals surface area contributed by atoms with Crippen LogP contribution in [0.1, 0.15) is 29.6 Å². The number of nitrogens with zero attached hydrogens (tertiary/aromatic N) is 3. The number of hydrogen-bond acceptors (Lipinski definition) is 6. The van der Waals surface area contributed by atoms with Crippen molar-refractivity contribution in [2.45, 2.75) is 24.2 Å². The van der Waals surface area contributed by atoms with Crippen LogP contribution in [0.5, 0.6) is 11.5 Å². The van der Waals surface area contributed by atoms with Gasteiger partial charge in [0.15, 0.2) is 0 Å². The van der Waals surface area contributed by atoms with Gasteiger partial charge >= 0.3 is 0 Å². The van der Waals surface area contributed by atoms with E-state index in [4.69, 9.17) is 9.47 Å². The molecule has 178 valence electrons. The van der Waals surface area contributed by atoms with Gasteiger partial charge in [0.2, 0.25) is 10.0 Å². The fourth-order valence-electron chi connectivity index (χ4n) is 4.48. The summed E-state index contributed by atoms with van der Waals surface area (Å²) in [5.41, 5.74) is 1.36. The molecule has 9 heteroatoms. The van der Waals surface area contributed by atoms with Gasteiger partial charge in [0.05, 0.1) is 19.9 Å². The minimum atomic E-state index is -3.73. The SMILES string of the molecule is COc1ccccc1N1CCN(C(=O)c2ccc(OC)c(S(=O)(=O)N3CCCCC3)c2)CC1. The van der Waals surface area contributed by atoms with Crippen molar-refractivity contribution in [3.05, 3.63) is 48.0 Å². The summed E-state index contributed by atoms with van der Waals surface area (Å²) >= 11 is 0. The third-order valence-corrected chi connectivity index (χ3v) is 8.26. The van der Waals surface area contributed by atoms with Crippen LogP contribution >= 0.6 is 0 Å². The molecule has 2 fully saturated rings. The van der Waals surface area contributed by atoms with E-state index in [-0.39, 0.29) is 16.6 Å². The molecule has 8 nitrogen and oxygen atoms in total. The second-order valence-electron chi connectivity index (χ2n) is 8.28. The zero-order valence-electron chi connectivity index (χ0n) is 19.2. The minimum Gasteiger partial charge on any atom is -0.495 e. The van der Waals surface area contributed by atoms with Gasteiger partial charge in [0.25, 0.3) is 5.91 Å². The molecule has 0 spiro atoms. The molecule has 0 N–H and O–H groups in total. The van der Waals surface area contributed by atoms with Gasteiger partial charge in [-0.3, -0.25) is 4.79 Å². The van der Waals surface area contributed by atoms with Crippen LogP contribution in [0.2, 0.25) is 0 Å². The van der Waals surface area contributed by atoms with Crippen molar-refractivity contribution < 1.29 is 22.7 Å². The minimum absolute atomic E-state index is 0.0606. The smallest absolute Gasteiger partial charge is 0.254 e. The summed E-state index contributed by atoms with van der Waals surface area (Å²) in [5, 5.41) is 0. The van der Waals surface area contributed by atoms with Crippen molar-refractivity contribution in [1.29, 1.82) is 0 Å². The Balaban J connectivity index is 1.51. The Hall–Kier alpha value is -2.78. The Morgan fingerprint density at radius 3 is 2.15 bits per heavy atom. The van der Waals surface area contributed by atoms with Crippen LogP contribution < -0.4 is 14.4 Å². The number of ether oxygens (including phenoxy) is 2. The lowest BCUT2D eigenvalue weighted by Gasteiger charge is -2.36. The fraction of sp³-hybridized carbons (Fsp3) is 0.458. The Morgan fingerprint density at radius 1 is 0.818 bits per heavy atom. The predicted octanol–water partition coefficient (Wildman–Crippen LogP) is 2.84. The molecule has 4 rings (SSSR count). The van der Waals surface area contributed by atoms with Crippen LogP contribution in [0.25, 0.3) is 0 Å². The summed E-state index contributed by atoms with van der Waals surface area (Å²) in [6.45, 7) is 3.40. The van der Waals surface area contributed by atoms with Crippen molar-refractivity contribution in [3.63, 3.8) is 0 Å². The third kappa shape index (κ3) is 4.79. The molecule has 2 heterocycles. The van der Waals surface area contributed by atoms with Gasteiger partial charge in [-0.05, 0) is 43.2 Å². The Morgan fingerprint density at radius 2 is 1.48 bits per heavy atom. The van der Waals surface area contributed by atoms with Gasteiger partial charge in [-0.15, -0.1) is 0 Å². The molecule has 2 aromatic rings. The summed E-state index contributed by atoms with van der Waals surface area (Å²) in [7, 11) is -0.630. The summed E-state index contributed by atoms with van der Waals surface area (Å²) in [6.07, 6.45) is 2.72. The van der Waals surface area contributed by atoms with Crippen LogP contribution in [-0.2, 0) is 10.0 Å².